The zero-order chi connectivity index (χ0) is 21.0. The molecule has 2 saturated heterocycles. The number of carboxylic acid groups (broad SMARTS) is 1. The number of rotatable bonds is 3. The normalized spacial score (nSPS) is 29.0. The van der Waals surface area contributed by atoms with Gasteiger partial charge < -0.3 is 19.8 Å². The van der Waals surface area contributed by atoms with Crippen LogP contribution in [0, 0.1) is 17.7 Å². The molecular weight excluding hydrogens is 379 g/mol. The quantitative estimate of drug-likeness (QED) is 0.742. The first-order valence-corrected chi connectivity index (χ1v) is 10.1. The number of aliphatic hydroxyl groups is 1. The number of fused-ring (bicyclic) bond motifs is 1. The highest BCUT2D eigenvalue weighted by Crippen LogP contribution is 2.39. The standard InChI is InChI=1S/C20H27FN2O3.CH2O2/c1-26-19-10-13(4-5-16(19)21)20(25)23-11-14-8-17(22-6-2-3-7-22)18(24)9-15(14)12-23;2-1-3/h4-5,10,14-15,17-18,24H,2-3,6-9,11-12H2,1H3;1H,(H,2,3)/t14-,15+,17-,18-;/m1./s1. The third-order valence-electron chi connectivity index (χ3n) is 6.40. The fourth-order valence-electron chi connectivity index (χ4n) is 5.01. The molecule has 1 amide bonds. The van der Waals surface area contributed by atoms with E-state index >= 15 is 0 Å². The van der Waals surface area contributed by atoms with Gasteiger partial charge in [-0.15, -0.1) is 0 Å². The van der Waals surface area contributed by atoms with Crippen LogP contribution in [0.2, 0.25) is 0 Å². The molecule has 1 aromatic carbocycles. The summed E-state index contributed by atoms with van der Waals surface area (Å²) >= 11 is 0. The summed E-state index contributed by atoms with van der Waals surface area (Å²) in [6.07, 6.45) is 3.86. The van der Waals surface area contributed by atoms with Gasteiger partial charge in [-0.05, 0) is 68.8 Å². The van der Waals surface area contributed by atoms with Gasteiger partial charge >= 0.3 is 0 Å². The average molecular weight is 408 g/mol. The molecule has 2 N–H and O–H groups in total. The second-order valence-corrected chi connectivity index (χ2v) is 8.03. The lowest BCUT2D eigenvalue weighted by molar-refractivity contribution is -0.122. The van der Waals surface area contributed by atoms with Crippen LogP contribution in [0.5, 0.6) is 5.75 Å². The number of hydrogen-bond acceptors (Lipinski definition) is 5. The summed E-state index contributed by atoms with van der Waals surface area (Å²) in [5, 5.41) is 17.5. The number of carbonyl (C=O) groups excluding carboxylic acids is 1. The number of ether oxygens (including phenoxy) is 1. The van der Waals surface area contributed by atoms with Crippen molar-refractivity contribution in [3.63, 3.8) is 0 Å². The molecule has 7 nitrogen and oxygen atoms in total. The lowest BCUT2D eigenvalue weighted by atomic mass is 9.77. The molecule has 1 saturated carbocycles. The van der Waals surface area contributed by atoms with Gasteiger partial charge in [0.1, 0.15) is 0 Å². The fourth-order valence-corrected chi connectivity index (χ4v) is 5.01. The molecule has 160 valence electrons. The largest absolute Gasteiger partial charge is 0.494 e. The first kappa shape index (κ1) is 21.5. The Morgan fingerprint density at radius 3 is 2.45 bits per heavy atom. The van der Waals surface area contributed by atoms with E-state index in [1.165, 1.54) is 38.2 Å². The van der Waals surface area contributed by atoms with Crippen molar-refractivity contribution in [1.29, 1.82) is 0 Å². The maximum atomic E-state index is 13.6. The fraction of sp³-hybridized carbons (Fsp3) is 0.619. The topological polar surface area (TPSA) is 90.3 Å². The van der Waals surface area contributed by atoms with Crippen LogP contribution in [0.3, 0.4) is 0 Å². The lowest BCUT2D eigenvalue weighted by Crippen LogP contribution is -2.48. The van der Waals surface area contributed by atoms with Gasteiger partial charge in [0.05, 0.1) is 13.2 Å². The number of hydrogen-bond donors (Lipinski definition) is 2. The zero-order valence-corrected chi connectivity index (χ0v) is 16.7. The summed E-state index contributed by atoms with van der Waals surface area (Å²) in [5.74, 6) is 0.350. The average Bonchev–Trinajstić information content (AvgIpc) is 3.37. The molecule has 0 spiro atoms. The van der Waals surface area contributed by atoms with E-state index < -0.39 is 5.82 Å². The smallest absolute Gasteiger partial charge is 0.290 e. The van der Waals surface area contributed by atoms with Crippen LogP contribution in [0.25, 0.3) is 0 Å². The van der Waals surface area contributed by atoms with Crippen LogP contribution >= 0.6 is 0 Å². The number of benzene rings is 1. The summed E-state index contributed by atoms with van der Waals surface area (Å²) in [4.78, 5) is 25.5. The van der Waals surface area contributed by atoms with Gasteiger partial charge in [0.2, 0.25) is 0 Å². The van der Waals surface area contributed by atoms with Gasteiger partial charge in [-0.1, -0.05) is 0 Å². The van der Waals surface area contributed by atoms with E-state index in [-0.39, 0.29) is 30.3 Å². The molecule has 2 heterocycles. The van der Waals surface area contributed by atoms with E-state index in [4.69, 9.17) is 14.6 Å². The number of methoxy groups -OCH3 is 1. The molecular formula is C21H29FN2O5. The molecule has 0 bridgehead atoms. The molecule has 29 heavy (non-hydrogen) atoms. The van der Waals surface area contributed by atoms with E-state index in [9.17, 15) is 14.3 Å². The number of amides is 1. The van der Waals surface area contributed by atoms with Gasteiger partial charge in [-0.3, -0.25) is 14.5 Å². The Morgan fingerprint density at radius 1 is 1.21 bits per heavy atom. The van der Waals surface area contributed by atoms with Gasteiger partial charge in [0.15, 0.2) is 11.6 Å². The van der Waals surface area contributed by atoms with Crippen LogP contribution < -0.4 is 4.74 Å². The number of nitrogens with zero attached hydrogens (tertiary/aromatic N) is 2. The highest BCUT2D eigenvalue weighted by Gasteiger charge is 2.45. The minimum Gasteiger partial charge on any atom is -0.494 e. The Kier molecular flexibility index (Phi) is 7.08. The summed E-state index contributed by atoms with van der Waals surface area (Å²) < 4.78 is 18.6. The van der Waals surface area contributed by atoms with Crippen LogP contribution in [0.15, 0.2) is 18.2 Å². The zero-order valence-electron chi connectivity index (χ0n) is 16.7. The third kappa shape index (κ3) is 4.70. The summed E-state index contributed by atoms with van der Waals surface area (Å²) in [5.41, 5.74) is 0.457. The van der Waals surface area contributed by atoms with Crippen molar-refractivity contribution in [1.82, 2.24) is 9.80 Å². The molecule has 3 fully saturated rings. The van der Waals surface area contributed by atoms with Gasteiger partial charge in [0.25, 0.3) is 12.4 Å². The summed E-state index contributed by atoms with van der Waals surface area (Å²) in [6.45, 7) is 3.31. The van der Waals surface area contributed by atoms with Crippen LogP contribution in [-0.4, -0.2) is 77.8 Å². The number of halogens is 1. The second kappa shape index (κ2) is 9.54. The van der Waals surface area contributed by atoms with Crippen LogP contribution in [0.4, 0.5) is 4.39 Å². The minimum absolute atomic E-state index is 0.0788. The molecule has 2 aliphatic heterocycles. The van der Waals surface area contributed by atoms with Crippen LogP contribution in [0.1, 0.15) is 36.0 Å². The van der Waals surface area contributed by atoms with E-state index in [2.05, 4.69) is 4.90 Å². The van der Waals surface area contributed by atoms with Crippen molar-refractivity contribution in [3.05, 3.63) is 29.6 Å². The minimum atomic E-state index is -0.462. The molecule has 1 aliphatic carbocycles. The Balaban J connectivity index is 0.000000755. The maximum Gasteiger partial charge on any atom is 0.290 e. The van der Waals surface area contributed by atoms with Crippen molar-refractivity contribution < 1.29 is 28.9 Å². The monoisotopic (exact) mass is 408 g/mol. The number of likely N-dealkylation sites (tertiary alicyclic amines) is 2. The molecule has 1 aromatic rings. The number of carbonyl (C=O) groups is 2. The predicted molar refractivity (Wildman–Crippen MR) is 104 cm³/mol. The maximum absolute atomic E-state index is 13.6. The molecule has 3 aliphatic rings. The van der Waals surface area contributed by atoms with Gasteiger partial charge in [-0.25, -0.2) is 4.39 Å². The second-order valence-electron chi connectivity index (χ2n) is 8.03. The molecule has 0 radical (unpaired) electrons. The van der Waals surface area contributed by atoms with Crippen molar-refractivity contribution in [2.24, 2.45) is 11.8 Å². The van der Waals surface area contributed by atoms with Gasteiger partial charge in [0, 0.05) is 24.7 Å². The Hall–Kier alpha value is -2.19. The molecule has 4 atom stereocenters. The first-order chi connectivity index (χ1) is 14.0. The molecule has 0 unspecified atom stereocenters. The summed E-state index contributed by atoms with van der Waals surface area (Å²) in [7, 11) is 1.40. The Morgan fingerprint density at radius 2 is 1.83 bits per heavy atom. The van der Waals surface area contributed by atoms with E-state index in [0.717, 1.165) is 32.5 Å². The predicted octanol–water partition coefficient (Wildman–Crippen LogP) is 1.84. The Bertz CT molecular complexity index is 725. The van der Waals surface area contributed by atoms with E-state index in [1.54, 1.807) is 0 Å². The highest BCUT2D eigenvalue weighted by atomic mass is 19.1. The van der Waals surface area contributed by atoms with Crippen molar-refractivity contribution in [2.45, 2.75) is 37.8 Å². The number of aliphatic hydroxyl groups excluding tert-OH is 1. The lowest BCUT2D eigenvalue weighted by Gasteiger charge is -2.40. The molecule has 8 heteroatoms. The summed E-state index contributed by atoms with van der Waals surface area (Å²) in [6, 6.07) is 4.51. The Labute approximate surface area is 170 Å². The highest BCUT2D eigenvalue weighted by molar-refractivity contribution is 5.94. The van der Waals surface area contributed by atoms with Crippen molar-refractivity contribution >= 4 is 12.4 Å². The third-order valence-corrected chi connectivity index (χ3v) is 6.40. The van der Waals surface area contributed by atoms with Crippen molar-refractivity contribution in [3.8, 4) is 5.75 Å². The van der Waals surface area contributed by atoms with E-state index in [0.29, 0.717) is 23.9 Å². The van der Waals surface area contributed by atoms with Crippen molar-refractivity contribution in [2.75, 3.05) is 33.3 Å². The molecule has 0 aromatic heterocycles. The van der Waals surface area contributed by atoms with E-state index in [1.807, 2.05) is 4.90 Å². The van der Waals surface area contributed by atoms with Gasteiger partial charge in [-0.2, -0.15) is 0 Å². The SMILES string of the molecule is COc1cc(C(=O)N2C[C@H]3C[C@@H](N4CCCC4)[C@H](O)C[C@H]3C2)ccc1F.O=CO. The first-order valence-electron chi connectivity index (χ1n) is 10.1. The van der Waals surface area contributed by atoms with Crippen LogP contribution in [-0.2, 0) is 4.79 Å². The molecule has 4 rings (SSSR count).